The second kappa shape index (κ2) is 7.11. The van der Waals surface area contributed by atoms with Crippen molar-refractivity contribution in [1.82, 2.24) is 0 Å². The minimum atomic E-state index is 0.619. The normalized spacial score (nSPS) is 11.2. The molecule has 5 aromatic rings. The molecular weight excluding hydrogens is 380 g/mol. The van der Waals surface area contributed by atoms with E-state index in [1.165, 1.54) is 11.1 Å². The van der Waals surface area contributed by atoms with Crippen molar-refractivity contribution in [3.05, 3.63) is 89.1 Å². The fourth-order valence-electron chi connectivity index (χ4n) is 4.52. The van der Waals surface area contributed by atoms with Gasteiger partial charge >= 0.3 is 0 Å². The first-order chi connectivity index (χ1) is 15.0. The van der Waals surface area contributed by atoms with Crippen molar-refractivity contribution in [3.8, 4) is 28.5 Å². The standard InChI is InChI=1S/C28H23N2O/c1-17-14-15-30(4)26(19(17)3)24-18(2)10-12-22-23-13-11-21(16-29)25(28(23)31-27(22)24)20-8-6-5-7-9-20/h5-15H,1-4H3/q+1. The molecule has 0 N–H and O–H groups in total. The number of pyridine rings is 1. The Bertz CT molecular complexity index is 1520. The molecular formula is C28H23N2O+. The molecule has 0 radical (unpaired) electrons. The fraction of sp³-hybridized carbons (Fsp3) is 0.143. The summed E-state index contributed by atoms with van der Waals surface area (Å²) < 4.78 is 8.80. The number of hydrogen-bond acceptors (Lipinski definition) is 2. The average molecular weight is 404 g/mol. The quantitative estimate of drug-likeness (QED) is 0.314. The molecule has 31 heavy (non-hydrogen) atoms. The highest BCUT2D eigenvalue weighted by Crippen LogP contribution is 2.42. The van der Waals surface area contributed by atoms with E-state index in [0.29, 0.717) is 5.56 Å². The first-order valence-electron chi connectivity index (χ1n) is 10.4. The van der Waals surface area contributed by atoms with Crippen LogP contribution in [0.5, 0.6) is 0 Å². The fourth-order valence-corrected chi connectivity index (χ4v) is 4.52. The van der Waals surface area contributed by atoms with Gasteiger partial charge in [0.25, 0.3) is 0 Å². The molecule has 5 rings (SSSR count). The van der Waals surface area contributed by atoms with Crippen LogP contribution in [0, 0.1) is 32.1 Å². The van der Waals surface area contributed by atoms with Gasteiger partial charge in [-0.15, -0.1) is 0 Å². The van der Waals surface area contributed by atoms with E-state index in [-0.39, 0.29) is 0 Å². The van der Waals surface area contributed by atoms with Crippen molar-refractivity contribution in [2.75, 3.05) is 0 Å². The Morgan fingerprint density at radius 2 is 1.45 bits per heavy atom. The van der Waals surface area contributed by atoms with E-state index in [4.69, 9.17) is 4.42 Å². The Morgan fingerprint density at radius 3 is 2.16 bits per heavy atom. The van der Waals surface area contributed by atoms with Crippen LogP contribution in [0.15, 0.2) is 71.3 Å². The number of furan rings is 1. The van der Waals surface area contributed by atoms with Crippen molar-refractivity contribution in [2.24, 2.45) is 7.05 Å². The molecule has 0 aliphatic carbocycles. The molecule has 3 nitrogen and oxygen atoms in total. The van der Waals surface area contributed by atoms with Crippen LogP contribution < -0.4 is 4.57 Å². The van der Waals surface area contributed by atoms with Gasteiger partial charge < -0.3 is 4.42 Å². The average Bonchev–Trinajstić information content (AvgIpc) is 3.16. The highest BCUT2D eigenvalue weighted by atomic mass is 16.3. The van der Waals surface area contributed by atoms with Gasteiger partial charge in [0.1, 0.15) is 18.2 Å². The van der Waals surface area contributed by atoms with Crippen LogP contribution in [0.2, 0.25) is 0 Å². The summed E-state index contributed by atoms with van der Waals surface area (Å²) >= 11 is 0. The molecule has 0 saturated carbocycles. The molecule has 2 heterocycles. The van der Waals surface area contributed by atoms with Crippen LogP contribution in [0.1, 0.15) is 22.3 Å². The van der Waals surface area contributed by atoms with E-state index in [1.54, 1.807) is 0 Å². The number of fused-ring (bicyclic) bond motifs is 3. The molecule has 0 saturated heterocycles. The monoisotopic (exact) mass is 403 g/mol. The molecule has 3 aromatic carbocycles. The van der Waals surface area contributed by atoms with Gasteiger partial charge in [-0.2, -0.15) is 5.26 Å². The van der Waals surface area contributed by atoms with Crippen LogP contribution in [-0.4, -0.2) is 0 Å². The number of aryl methyl sites for hydroxylation is 3. The highest BCUT2D eigenvalue weighted by Gasteiger charge is 2.25. The topological polar surface area (TPSA) is 40.8 Å². The largest absolute Gasteiger partial charge is 0.454 e. The van der Waals surface area contributed by atoms with Crippen LogP contribution >= 0.6 is 0 Å². The lowest BCUT2D eigenvalue weighted by Gasteiger charge is -2.09. The van der Waals surface area contributed by atoms with Crippen molar-refractivity contribution in [2.45, 2.75) is 20.8 Å². The Balaban J connectivity index is 1.95. The van der Waals surface area contributed by atoms with Gasteiger partial charge in [-0.1, -0.05) is 42.5 Å². The van der Waals surface area contributed by atoms with Crippen LogP contribution in [-0.2, 0) is 7.05 Å². The van der Waals surface area contributed by atoms with E-state index in [2.05, 4.69) is 62.9 Å². The minimum absolute atomic E-state index is 0.619. The lowest BCUT2D eigenvalue weighted by molar-refractivity contribution is -0.660. The van der Waals surface area contributed by atoms with Gasteiger partial charge in [-0.25, -0.2) is 4.57 Å². The number of aromatic nitrogens is 1. The number of nitriles is 1. The maximum absolute atomic E-state index is 9.80. The van der Waals surface area contributed by atoms with E-state index in [9.17, 15) is 5.26 Å². The third kappa shape index (κ3) is 2.84. The maximum atomic E-state index is 9.80. The van der Waals surface area contributed by atoms with Gasteiger partial charge in [0.15, 0.2) is 6.20 Å². The Morgan fingerprint density at radius 1 is 0.774 bits per heavy atom. The zero-order chi connectivity index (χ0) is 21.7. The van der Waals surface area contributed by atoms with E-state index < -0.39 is 0 Å². The Labute approximate surface area is 181 Å². The summed E-state index contributed by atoms with van der Waals surface area (Å²) in [5.41, 5.74) is 10.0. The van der Waals surface area contributed by atoms with Gasteiger partial charge in [0, 0.05) is 28.0 Å². The lowest BCUT2D eigenvalue weighted by Crippen LogP contribution is -2.32. The van der Waals surface area contributed by atoms with Gasteiger partial charge in [-0.3, -0.25) is 0 Å². The van der Waals surface area contributed by atoms with Crippen LogP contribution in [0.25, 0.3) is 44.3 Å². The number of benzene rings is 3. The molecule has 150 valence electrons. The molecule has 0 aliphatic heterocycles. The first-order valence-corrected chi connectivity index (χ1v) is 10.4. The molecule has 2 aromatic heterocycles. The molecule has 0 unspecified atom stereocenters. The Kier molecular flexibility index (Phi) is 4.38. The molecule has 0 spiro atoms. The third-order valence-corrected chi connectivity index (χ3v) is 6.29. The van der Waals surface area contributed by atoms with Crippen molar-refractivity contribution < 1.29 is 8.98 Å². The molecule has 0 fully saturated rings. The second-order valence-electron chi connectivity index (χ2n) is 8.16. The van der Waals surface area contributed by atoms with Crippen LogP contribution in [0.3, 0.4) is 0 Å². The smallest absolute Gasteiger partial charge is 0.219 e. The maximum Gasteiger partial charge on any atom is 0.219 e. The molecule has 0 bridgehead atoms. The lowest BCUT2D eigenvalue weighted by atomic mass is 9.95. The van der Waals surface area contributed by atoms with Gasteiger partial charge in [-0.05, 0) is 49.6 Å². The summed E-state index contributed by atoms with van der Waals surface area (Å²) in [5, 5.41) is 11.9. The van der Waals surface area contributed by atoms with Gasteiger partial charge in [0.2, 0.25) is 5.69 Å². The Hall–Kier alpha value is -3.90. The zero-order valence-corrected chi connectivity index (χ0v) is 18.2. The summed E-state index contributed by atoms with van der Waals surface area (Å²) in [7, 11) is 2.08. The van der Waals surface area contributed by atoms with E-state index in [0.717, 1.165) is 49.9 Å². The SMILES string of the molecule is Cc1cc[n+](C)c(-c2c(C)ccc3c2oc2c(-c4ccccc4)c(C#N)ccc23)c1C. The van der Waals surface area contributed by atoms with Crippen molar-refractivity contribution in [1.29, 1.82) is 5.26 Å². The summed E-state index contributed by atoms with van der Waals surface area (Å²) in [5.74, 6) is 0. The summed E-state index contributed by atoms with van der Waals surface area (Å²) in [4.78, 5) is 0. The highest BCUT2D eigenvalue weighted by molar-refractivity contribution is 6.14. The third-order valence-electron chi connectivity index (χ3n) is 6.29. The molecule has 0 atom stereocenters. The molecule has 3 heteroatoms. The van der Waals surface area contributed by atoms with E-state index >= 15 is 0 Å². The summed E-state index contributed by atoms with van der Waals surface area (Å²) in [6, 6.07) is 22.7. The van der Waals surface area contributed by atoms with Crippen molar-refractivity contribution in [3.63, 3.8) is 0 Å². The van der Waals surface area contributed by atoms with Crippen molar-refractivity contribution >= 4 is 21.9 Å². The second-order valence-corrected chi connectivity index (χ2v) is 8.16. The predicted molar refractivity (Wildman–Crippen MR) is 125 cm³/mol. The van der Waals surface area contributed by atoms with Gasteiger partial charge in [0.05, 0.1) is 17.2 Å². The van der Waals surface area contributed by atoms with Crippen LogP contribution in [0.4, 0.5) is 0 Å². The number of hydrogen-bond donors (Lipinski definition) is 0. The van der Waals surface area contributed by atoms with E-state index in [1.807, 2.05) is 42.5 Å². The zero-order valence-electron chi connectivity index (χ0n) is 18.2. The molecule has 0 aliphatic rings. The molecule has 0 amide bonds. The number of nitrogens with zero attached hydrogens (tertiary/aromatic N) is 2. The summed E-state index contributed by atoms with van der Waals surface area (Å²) in [6.45, 7) is 6.43. The minimum Gasteiger partial charge on any atom is -0.454 e. The predicted octanol–water partition coefficient (Wildman–Crippen LogP) is 6.54. The first kappa shape index (κ1) is 19.1. The summed E-state index contributed by atoms with van der Waals surface area (Å²) in [6.07, 6.45) is 2.10. The number of rotatable bonds is 2.